The average molecular weight is 494 g/mol. The number of aryl methyl sites for hydroxylation is 4. The van der Waals surface area contributed by atoms with E-state index in [1.165, 1.54) is 45.4 Å². The highest BCUT2D eigenvalue weighted by Gasteiger charge is 2.39. The van der Waals surface area contributed by atoms with E-state index in [9.17, 15) is 4.79 Å². The number of aromatic nitrogens is 2. The van der Waals surface area contributed by atoms with Gasteiger partial charge in [0, 0.05) is 0 Å². The molecular formula is C26H27N3O3S2. The normalized spacial score (nSPS) is 17.0. The quantitative estimate of drug-likeness (QED) is 0.405. The lowest BCUT2D eigenvalue weighted by atomic mass is 10.0. The van der Waals surface area contributed by atoms with Crippen molar-refractivity contribution < 1.29 is 14.3 Å². The molecule has 0 radical (unpaired) electrons. The van der Waals surface area contributed by atoms with E-state index in [1.807, 2.05) is 25.1 Å². The van der Waals surface area contributed by atoms with Crippen molar-refractivity contribution in [3.8, 4) is 11.5 Å². The number of nitrogens with zero attached hydrogens (tertiary/aromatic N) is 2. The Kier molecular flexibility index (Phi) is 7.19. The summed E-state index contributed by atoms with van der Waals surface area (Å²) in [7, 11) is 1.60. The summed E-state index contributed by atoms with van der Waals surface area (Å²) in [6, 6.07) is 9.91. The van der Waals surface area contributed by atoms with Crippen LogP contribution in [0.25, 0.3) is 6.08 Å². The van der Waals surface area contributed by atoms with Gasteiger partial charge in [0.15, 0.2) is 17.3 Å². The van der Waals surface area contributed by atoms with Crippen LogP contribution in [-0.4, -0.2) is 28.1 Å². The number of benzene rings is 2. The van der Waals surface area contributed by atoms with Crippen LogP contribution in [0.4, 0.5) is 0 Å². The van der Waals surface area contributed by atoms with Crippen molar-refractivity contribution in [2.45, 2.75) is 46.6 Å². The molecule has 4 rings (SSSR count). The molecule has 1 atom stereocenters. The summed E-state index contributed by atoms with van der Waals surface area (Å²) in [5, 5.41) is 18.3. The van der Waals surface area contributed by atoms with Crippen LogP contribution in [0.5, 0.6) is 11.5 Å². The number of methoxy groups -OCH3 is 1. The number of ether oxygens (including phenoxy) is 2. The Bertz CT molecular complexity index is 1270. The maximum atomic E-state index is 13.0. The lowest BCUT2D eigenvalue weighted by molar-refractivity contribution is -0.114. The van der Waals surface area contributed by atoms with Gasteiger partial charge in [0.1, 0.15) is 22.5 Å². The highest BCUT2D eigenvalue weighted by molar-refractivity contribution is 8.19. The number of carbonyl (C=O) groups is 1. The maximum absolute atomic E-state index is 13.0. The molecule has 34 heavy (non-hydrogen) atoms. The van der Waals surface area contributed by atoms with Gasteiger partial charge in [0.2, 0.25) is 0 Å². The molecule has 0 aliphatic carbocycles. The first-order valence-electron chi connectivity index (χ1n) is 11.0. The van der Waals surface area contributed by atoms with E-state index in [4.69, 9.17) is 14.9 Å². The molecule has 1 aromatic heterocycles. The third-order valence-corrected chi connectivity index (χ3v) is 7.84. The first-order valence-corrected chi connectivity index (χ1v) is 12.7. The van der Waals surface area contributed by atoms with Gasteiger partial charge >= 0.3 is 0 Å². The Hall–Kier alpha value is -2.97. The van der Waals surface area contributed by atoms with Crippen LogP contribution in [0, 0.1) is 26.2 Å². The molecule has 1 saturated heterocycles. The number of hydrogen-bond acceptors (Lipinski definition) is 8. The van der Waals surface area contributed by atoms with Crippen LogP contribution in [0.15, 0.2) is 35.2 Å². The van der Waals surface area contributed by atoms with Gasteiger partial charge < -0.3 is 9.47 Å². The van der Waals surface area contributed by atoms with E-state index in [1.54, 1.807) is 13.2 Å². The fourth-order valence-corrected chi connectivity index (χ4v) is 5.93. The molecule has 1 aliphatic rings. The van der Waals surface area contributed by atoms with Gasteiger partial charge in [0.25, 0.3) is 0 Å². The van der Waals surface area contributed by atoms with E-state index in [0.29, 0.717) is 28.0 Å². The Labute approximate surface area is 207 Å². The first-order chi connectivity index (χ1) is 16.3. The van der Waals surface area contributed by atoms with E-state index in [0.717, 1.165) is 17.0 Å². The molecule has 1 fully saturated rings. The zero-order valence-corrected chi connectivity index (χ0v) is 21.5. The van der Waals surface area contributed by atoms with Crippen molar-refractivity contribution in [2.75, 3.05) is 7.11 Å². The standard InChI is InChI=1S/C26H27N3O3S2/c1-6-22-28-29-26(34-22)23-24(30)21(33-25(23)27)12-17-7-8-19(20(11-17)31-5)32-13-18-15(3)9-14(2)10-16(18)4/h7-12,23,27H,6,13H2,1-5H3/b21-12-,27-25?/t23-/m0/s1. The molecule has 2 heterocycles. The SMILES string of the molecule is CCc1nnc([C@@H]2C(=N)S/C(=C\c3ccc(OCc4c(C)cc(C)cc4C)c(OC)c3)C2=O)s1. The van der Waals surface area contributed by atoms with Gasteiger partial charge in [-0.1, -0.05) is 42.4 Å². The maximum Gasteiger partial charge on any atom is 0.186 e. The predicted molar refractivity (Wildman–Crippen MR) is 138 cm³/mol. The zero-order chi connectivity index (χ0) is 24.4. The molecule has 2 aromatic carbocycles. The van der Waals surface area contributed by atoms with E-state index in [2.05, 4.69) is 43.1 Å². The van der Waals surface area contributed by atoms with Crippen LogP contribution in [0.3, 0.4) is 0 Å². The minimum Gasteiger partial charge on any atom is -0.493 e. The highest BCUT2D eigenvalue weighted by Crippen LogP contribution is 2.42. The van der Waals surface area contributed by atoms with Crippen LogP contribution in [-0.2, 0) is 17.8 Å². The fraction of sp³-hybridized carbons (Fsp3) is 0.308. The predicted octanol–water partition coefficient (Wildman–Crippen LogP) is 6.03. The van der Waals surface area contributed by atoms with Crippen LogP contribution < -0.4 is 9.47 Å². The average Bonchev–Trinajstić information content (AvgIpc) is 3.37. The van der Waals surface area contributed by atoms with Gasteiger partial charge in [0.05, 0.1) is 17.1 Å². The van der Waals surface area contributed by atoms with Crippen molar-refractivity contribution >= 4 is 40.0 Å². The van der Waals surface area contributed by atoms with Gasteiger partial charge in [-0.3, -0.25) is 10.2 Å². The summed E-state index contributed by atoms with van der Waals surface area (Å²) in [5.41, 5.74) is 5.61. The Morgan fingerprint density at radius 2 is 1.82 bits per heavy atom. The smallest absolute Gasteiger partial charge is 0.186 e. The topological polar surface area (TPSA) is 85.2 Å². The second kappa shape index (κ2) is 10.1. The Balaban J connectivity index is 1.53. The van der Waals surface area contributed by atoms with Crippen molar-refractivity contribution in [1.82, 2.24) is 10.2 Å². The number of ketones is 1. The second-order valence-corrected chi connectivity index (χ2v) is 10.4. The van der Waals surface area contributed by atoms with Crippen molar-refractivity contribution in [3.63, 3.8) is 0 Å². The molecule has 3 aromatic rings. The molecule has 0 spiro atoms. The molecule has 6 nitrogen and oxygen atoms in total. The second-order valence-electron chi connectivity index (χ2n) is 8.24. The van der Waals surface area contributed by atoms with Gasteiger partial charge in [-0.2, -0.15) is 0 Å². The first kappa shape index (κ1) is 24.2. The number of rotatable bonds is 7. The number of thioether (sulfide) groups is 1. The Morgan fingerprint density at radius 3 is 2.47 bits per heavy atom. The molecule has 0 saturated carbocycles. The summed E-state index contributed by atoms with van der Waals surface area (Å²) in [4.78, 5) is 13.6. The largest absolute Gasteiger partial charge is 0.493 e. The lowest BCUT2D eigenvalue weighted by Crippen LogP contribution is -2.11. The third kappa shape index (κ3) is 4.93. The molecule has 0 unspecified atom stereocenters. The van der Waals surface area contributed by atoms with Crippen LogP contribution in [0.1, 0.15) is 50.7 Å². The lowest BCUT2D eigenvalue weighted by Gasteiger charge is -2.15. The van der Waals surface area contributed by atoms with Gasteiger partial charge in [-0.25, -0.2) is 0 Å². The number of hydrogen-bond donors (Lipinski definition) is 1. The number of carbonyl (C=O) groups excluding carboxylic acids is 1. The zero-order valence-electron chi connectivity index (χ0n) is 19.9. The highest BCUT2D eigenvalue weighted by atomic mass is 32.2. The molecular weight excluding hydrogens is 466 g/mol. The van der Waals surface area contributed by atoms with Gasteiger partial charge in [-0.15, -0.1) is 21.5 Å². The number of nitrogens with one attached hydrogen (secondary N) is 1. The van der Waals surface area contributed by atoms with Crippen molar-refractivity contribution in [1.29, 1.82) is 5.41 Å². The molecule has 0 amide bonds. The van der Waals surface area contributed by atoms with Crippen molar-refractivity contribution in [2.24, 2.45) is 0 Å². The fourth-order valence-electron chi connectivity index (χ4n) is 3.97. The molecule has 1 N–H and O–H groups in total. The molecule has 8 heteroatoms. The van der Waals surface area contributed by atoms with Gasteiger partial charge in [-0.05, 0) is 67.7 Å². The summed E-state index contributed by atoms with van der Waals surface area (Å²) in [5.74, 6) is 0.467. The van der Waals surface area contributed by atoms with Crippen molar-refractivity contribution in [3.05, 3.63) is 73.1 Å². The molecule has 176 valence electrons. The monoisotopic (exact) mass is 493 g/mol. The molecule has 0 bridgehead atoms. The summed E-state index contributed by atoms with van der Waals surface area (Å²) < 4.78 is 11.7. The van der Waals surface area contributed by atoms with E-state index in [-0.39, 0.29) is 10.8 Å². The number of allylic oxidation sites excluding steroid dienone is 1. The summed E-state index contributed by atoms with van der Waals surface area (Å²) in [6.45, 7) is 8.72. The number of Topliss-reactive ketones (excluding diaryl/α,β-unsaturated/α-hetero) is 1. The van der Waals surface area contributed by atoms with Crippen LogP contribution in [0.2, 0.25) is 0 Å². The Morgan fingerprint density at radius 1 is 1.09 bits per heavy atom. The minimum atomic E-state index is -0.653. The van der Waals surface area contributed by atoms with Crippen LogP contribution >= 0.6 is 23.1 Å². The summed E-state index contributed by atoms with van der Waals surface area (Å²) in [6.07, 6.45) is 2.56. The summed E-state index contributed by atoms with van der Waals surface area (Å²) >= 11 is 2.58. The van der Waals surface area contributed by atoms with E-state index >= 15 is 0 Å². The minimum absolute atomic E-state index is 0.113. The van der Waals surface area contributed by atoms with E-state index < -0.39 is 5.92 Å². The third-order valence-electron chi connectivity index (χ3n) is 5.72. The molecule has 1 aliphatic heterocycles.